The van der Waals surface area contributed by atoms with Crippen LogP contribution in [0.2, 0.25) is 0 Å². The standard InChI is InChI=1S/C21H23N3O/c1-15-8-10-18(11-9-15)16(2)22-12-17-13-23-21(24-14-17)19-6-4-5-7-20(19)25-3/h4-11,13-14,16,22H,12H2,1-3H3. The van der Waals surface area contributed by atoms with Crippen LogP contribution in [0.1, 0.15) is 29.7 Å². The third kappa shape index (κ3) is 4.22. The number of methoxy groups -OCH3 is 1. The Hall–Kier alpha value is -2.72. The van der Waals surface area contributed by atoms with Crippen LogP contribution in [0.4, 0.5) is 0 Å². The number of ether oxygens (including phenoxy) is 1. The third-order valence-electron chi connectivity index (χ3n) is 4.24. The van der Waals surface area contributed by atoms with Gasteiger partial charge in [0.2, 0.25) is 0 Å². The Labute approximate surface area is 148 Å². The number of nitrogens with one attached hydrogen (secondary N) is 1. The summed E-state index contributed by atoms with van der Waals surface area (Å²) in [4.78, 5) is 8.98. The van der Waals surface area contributed by atoms with E-state index in [4.69, 9.17) is 4.74 Å². The molecule has 25 heavy (non-hydrogen) atoms. The Morgan fingerprint density at radius 3 is 2.36 bits per heavy atom. The molecule has 0 saturated carbocycles. The van der Waals surface area contributed by atoms with E-state index >= 15 is 0 Å². The monoisotopic (exact) mass is 333 g/mol. The van der Waals surface area contributed by atoms with Crippen LogP contribution in [0.3, 0.4) is 0 Å². The van der Waals surface area contributed by atoms with Gasteiger partial charge in [-0.1, -0.05) is 42.0 Å². The van der Waals surface area contributed by atoms with Crippen LogP contribution < -0.4 is 10.1 Å². The molecule has 128 valence electrons. The zero-order valence-electron chi connectivity index (χ0n) is 14.9. The molecule has 0 amide bonds. The first-order valence-electron chi connectivity index (χ1n) is 8.41. The number of aryl methyl sites for hydroxylation is 1. The van der Waals surface area contributed by atoms with Crippen LogP contribution in [0, 0.1) is 6.92 Å². The SMILES string of the molecule is COc1ccccc1-c1ncc(CNC(C)c2ccc(C)cc2)cn1. The Morgan fingerprint density at radius 2 is 1.68 bits per heavy atom. The first-order valence-corrected chi connectivity index (χ1v) is 8.41. The molecule has 1 atom stereocenters. The average Bonchev–Trinajstić information content (AvgIpc) is 2.67. The summed E-state index contributed by atoms with van der Waals surface area (Å²) < 4.78 is 5.37. The molecule has 1 unspecified atom stereocenters. The highest BCUT2D eigenvalue weighted by molar-refractivity contribution is 5.63. The Kier molecular flexibility index (Phi) is 5.41. The zero-order chi connectivity index (χ0) is 17.6. The molecule has 3 aromatic rings. The fourth-order valence-electron chi connectivity index (χ4n) is 2.66. The van der Waals surface area contributed by atoms with Gasteiger partial charge in [-0.2, -0.15) is 0 Å². The second-order valence-corrected chi connectivity index (χ2v) is 6.13. The predicted molar refractivity (Wildman–Crippen MR) is 100 cm³/mol. The van der Waals surface area contributed by atoms with Gasteiger partial charge in [-0.05, 0) is 31.5 Å². The molecule has 0 radical (unpaired) electrons. The van der Waals surface area contributed by atoms with E-state index in [0.717, 1.165) is 23.4 Å². The van der Waals surface area contributed by atoms with Crippen LogP contribution in [0.25, 0.3) is 11.4 Å². The maximum absolute atomic E-state index is 5.37. The third-order valence-corrected chi connectivity index (χ3v) is 4.24. The van der Waals surface area contributed by atoms with Crippen molar-refractivity contribution in [2.75, 3.05) is 7.11 Å². The quantitative estimate of drug-likeness (QED) is 0.730. The first kappa shape index (κ1) is 17.1. The summed E-state index contributed by atoms with van der Waals surface area (Å²) >= 11 is 0. The summed E-state index contributed by atoms with van der Waals surface area (Å²) in [5.74, 6) is 1.45. The number of hydrogen-bond donors (Lipinski definition) is 1. The molecule has 0 fully saturated rings. The van der Waals surface area contributed by atoms with Gasteiger partial charge in [-0.25, -0.2) is 9.97 Å². The molecule has 2 aromatic carbocycles. The van der Waals surface area contributed by atoms with Crippen molar-refractivity contribution in [3.05, 3.63) is 77.6 Å². The number of nitrogens with zero attached hydrogens (tertiary/aromatic N) is 2. The van der Waals surface area contributed by atoms with Gasteiger partial charge >= 0.3 is 0 Å². The molecule has 3 rings (SSSR count). The zero-order valence-corrected chi connectivity index (χ0v) is 14.9. The number of hydrogen-bond acceptors (Lipinski definition) is 4. The van der Waals surface area contributed by atoms with Crippen molar-refractivity contribution in [3.63, 3.8) is 0 Å². The fraction of sp³-hybridized carbons (Fsp3) is 0.238. The van der Waals surface area contributed by atoms with Crippen LogP contribution in [-0.2, 0) is 6.54 Å². The Morgan fingerprint density at radius 1 is 1.00 bits per heavy atom. The van der Waals surface area contributed by atoms with Gasteiger partial charge in [-0.3, -0.25) is 0 Å². The lowest BCUT2D eigenvalue weighted by Gasteiger charge is -2.14. The molecule has 4 nitrogen and oxygen atoms in total. The minimum atomic E-state index is 0.273. The summed E-state index contributed by atoms with van der Waals surface area (Å²) in [5.41, 5.74) is 4.50. The summed E-state index contributed by atoms with van der Waals surface area (Å²) in [7, 11) is 1.66. The van der Waals surface area contributed by atoms with E-state index in [1.54, 1.807) is 7.11 Å². The maximum Gasteiger partial charge on any atom is 0.162 e. The summed E-state index contributed by atoms with van der Waals surface area (Å²) in [5, 5.41) is 3.51. The van der Waals surface area contributed by atoms with Gasteiger partial charge in [0.25, 0.3) is 0 Å². The Balaban J connectivity index is 1.65. The van der Waals surface area contributed by atoms with E-state index < -0.39 is 0 Å². The largest absolute Gasteiger partial charge is 0.496 e. The average molecular weight is 333 g/mol. The molecule has 0 aliphatic heterocycles. The van der Waals surface area contributed by atoms with E-state index in [2.05, 4.69) is 53.4 Å². The minimum Gasteiger partial charge on any atom is -0.496 e. The molecule has 4 heteroatoms. The second-order valence-electron chi connectivity index (χ2n) is 6.13. The van der Waals surface area contributed by atoms with Gasteiger partial charge in [-0.15, -0.1) is 0 Å². The van der Waals surface area contributed by atoms with Crippen LogP contribution in [0.5, 0.6) is 5.75 Å². The normalized spacial score (nSPS) is 12.0. The predicted octanol–water partition coefficient (Wildman–Crippen LogP) is 4.31. The molecule has 0 aliphatic carbocycles. The van der Waals surface area contributed by atoms with Gasteiger partial charge in [0.15, 0.2) is 5.82 Å². The molecule has 0 bridgehead atoms. The van der Waals surface area contributed by atoms with Crippen LogP contribution >= 0.6 is 0 Å². The fourth-order valence-corrected chi connectivity index (χ4v) is 2.66. The minimum absolute atomic E-state index is 0.273. The van der Waals surface area contributed by atoms with Crippen LogP contribution in [-0.4, -0.2) is 17.1 Å². The highest BCUT2D eigenvalue weighted by Crippen LogP contribution is 2.26. The van der Waals surface area contributed by atoms with E-state index in [-0.39, 0.29) is 6.04 Å². The molecule has 1 heterocycles. The lowest BCUT2D eigenvalue weighted by molar-refractivity contribution is 0.416. The van der Waals surface area contributed by atoms with E-state index in [1.807, 2.05) is 36.7 Å². The molecule has 1 N–H and O–H groups in total. The van der Waals surface area contributed by atoms with Gasteiger partial charge in [0.1, 0.15) is 5.75 Å². The number of benzene rings is 2. The lowest BCUT2D eigenvalue weighted by Crippen LogP contribution is -2.18. The second kappa shape index (κ2) is 7.90. The van der Waals surface area contributed by atoms with Crippen molar-refractivity contribution in [2.45, 2.75) is 26.4 Å². The van der Waals surface area contributed by atoms with Crippen molar-refractivity contribution in [3.8, 4) is 17.1 Å². The number of aromatic nitrogens is 2. The topological polar surface area (TPSA) is 47.0 Å². The Bertz CT molecular complexity index is 813. The van der Waals surface area contributed by atoms with Gasteiger partial charge in [0, 0.05) is 30.5 Å². The van der Waals surface area contributed by atoms with Gasteiger partial charge < -0.3 is 10.1 Å². The molecule has 0 saturated heterocycles. The van der Waals surface area contributed by atoms with Crippen molar-refractivity contribution in [1.29, 1.82) is 0 Å². The van der Waals surface area contributed by atoms with Crippen molar-refractivity contribution < 1.29 is 4.74 Å². The number of rotatable bonds is 6. The molecule has 1 aromatic heterocycles. The maximum atomic E-state index is 5.37. The van der Waals surface area contributed by atoms with Crippen molar-refractivity contribution in [2.24, 2.45) is 0 Å². The van der Waals surface area contributed by atoms with E-state index in [9.17, 15) is 0 Å². The van der Waals surface area contributed by atoms with Crippen molar-refractivity contribution >= 4 is 0 Å². The molecule has 0 spiro atoms. The highest BCUT2D eigenvalue weighted by Gasteiger charge is 2.08. The highest BCUT2D eigenvalue weighted by atomic mass is 16.5. The summed E-state index contributed by atoms with van der Waals surface area (Å²) in [6.07, 6.45) is 3.73. The molecular weight excluding hydrogens is 310 g/mol. The molecular formula is C21H23N3O. The summed E-state index contributed by atoms with van der Waals surface area (Å²) in [6.45, 7) is 4.98. The summed E-state index contributed by atoms with van der Waals surface area (Å²) in [6, 6.07) is 16.6. The van der Waals surface area contributed by atoms with Crippen molar-refractivity contribution in [1.82, 2.24) is 15.3 Å². The van der Waals surface area contributed by atoms with E-state index in [1.165, 1.54) is 11.1 Å². The smallest absolute Gasteiger partial charge is 0.162 e. The first-order chi connectivity index (χ1) is 12.2. The van der Waals surface area contributed by atoms with Gasteiger partial charge in [0.05, 0.1) is 12.7 Å². The number of para-hydroxylation sites is 1. The molecule has 0 aliphatic rings. The van der Waals surface area contributed by atoms with E-state index in [0.29, 0.717) is 5.82 Å². The van der Waals surface area contributed by atoms with Crippen LogP contribution in [0.15, 0.2) is 60.9 Å². The lowest BCUT2D eigenvalue weighted by atomic mass is 10.1.